The highest BCUT2D eigenvalue weighted by Gasteiger charge is 2.31. The minimum Gasteiger partial charge on any atom is -0.383 e. The number of alkyl halides is 3. The molecule has 1 aromatic rings. The van der Waals surface area contributed by atoms with Crippen molar-refractivity contribution in [2.24, 2.45) is 0 Å². The number of benzene rings is 1. The monoisotopic (exact) mass is 277 g/mol. The topological polar surface area (TPSA) is 40.5 Å². The molecule has 98 valence electrons. The number of aliphatic hydroxyl groups is 1. The molecule has 0 aromatic heterocycles. The van der Waals surface area contributed by atoms with Crippen molar-refractivity contribution in [3.63, 3.8) is 0 Å². The van der Waals surface area contributed by atoms with Crippen LogP contribution in [0.25, 0.3) is 0 Å². The first-order valence-electron chi connectivity index (χ1n) is 5.22. The van der Waals surface area contributed by atoms with Crippen LogP contribution in [0.4, 0.5) is 18.9 Å². The molecule has 1 aromatic carbocycles. The van der Waals surface area contributed by atoms with Gasteiger partial charge in [-0.15, -0.1) is 0 Å². The molecule has 3 nitrogen and oxygen atoms in total. The molecule has 1 fully saturated rings. The summed E-state index contributed by atoms with van der Waals surface area (Å²) in [4.78, 5) is 12.9. The smallest absolute Gasteiger partial charge is 0.383 e. The molecule has 2 rings (SSSR count). The molecule has 1 amide bonds. The van der Waals surface area contributed by atoms with Crippen LogP contribution in [-0.2, 0) is 4.79 Å². The molecule has 1 N–H and O–H groups in total. The lowest BCUT2D eigenvalue weighted by molar-refractivity contribution is -0.124. The van der Waals surface area contributed by atoms with E-state index in [1.807, 2.05) is 0 Å². The zero-order valence-corrected chi connectivity index (χ0v) is 9.96. The highest BCUT2D eigenvalue weighted by molar-refractivity contribution is 8.00. The summed E-state index contributed by atoms with van der Waals surface area (Å²) in [7, 11) is 0. The summed E-state index contributed by atoms with van der Waals surface area (Å²) in [6.07, 6.45) is -0.660. The standard InChI is InChI=1S/C11H10F3NO2S/c12-11(13,14)18-8-3-1-7(2-4-8)15-6-5-9(16)10(15)17/h1-4,9,16H,5-6H2. The number of nitrogens with zero attached hydrogens (tertiary/aromatic N) is 1. The first kappa shape index (κ1) is 13.2. The van der Waals surface area contributed by atoms with Crippen LogP contribution in [0.1, 0.15) is 6.42 Å². The number of carbonyl (C=O) groups is 1. The van der Waals surface area contributed by atoms with Crippen LogP contribution in [-0.4, -0.2) is 29.2 Å². The maximum atomic E-state index is 12.1. The second-order valence-corrected chi connectivity index (χ2v) is 4.97. The van der Waals surface area contributed by atoms with Crippen LogP contribution in [0.15, 0.2) is 29.2 Å². The SMILES string of the molecule is O=C1C(O)CCN1c1ccc(SC(F)(F)F)cc1. The zero-order chi connectivity index (χ0) is 13.3. The third kappa shape index (κ3) is 2.97. The Morgan fingerprint density at radius 2 is 1.89 bits per heavy atom. The van der Waals surface area contributed by atoms with Gasteiger partial charge in [-0.1, -0.05) is 0 Å². The van der Waals surface area contributed by atoms with Crippen LogP contribution >= 0.6 is 11.8 Å². The Morgan fingerprint density at radius 1 is 1.28 bits per heavy atom. The number of halogens is 3. The molecule has 0 saturated carbocycles. The number of hydrogen-bond acceptors (Lipinski definition) is 3. The first-order chi connectivity index (χ1) is 8.37. The minimum absolute atomic E-state index is 0.0680. The van der Waals surface area contributed by atoms with E-state index >= 15 is 0 Å². The highest BCUT2D eigenvalue weighted by atomic mass is 32.2. The second kappa shape index (κ2) is 4.81. The van der Waals surface area contributed by atoms with Gasteiger partial charge in [-0.25, -0.2) is 0 Å². The Balaban J connectivity index is 2.11. The normalized spacial score (nSPS) is 20.6. The lowest BCUT2D eigenvalue weighted by Crippen LogP contribution is -2.28. The van der Waals surface area contributed by atoms with Gasteiger partial charge in [-0.2, -0.15) is 13.2 Å². The number of aliphatic hydroxyl groups excluding tert-OH is 1. The number of thioether (sulfide) groups is 1. The van der Waals surface area contributed by atoms with Crippen molar-refractivity contribution in [1.82, 2.24) is 0 Å². The van der Waals surface area contributed by atoms with E-state index in [0.29, 0.717) is 18.7 Å². The molecule has 1 aliphatic rings. The lowest BCUT2D eigenvalue weighted by atomic mass is 10.3. The van der Waals surface area contributed by atoms with Crippen molar-refractivity contribution in [3.8, 4) is 0 Å². The quantitative estimate of drug-likeness (QED) is 0.844. The molecular formula is C11H10F3NO2S. The van der Waals surface area contributed by atoms with E-state index in [2.05, 4.69) is 0 Å². The maximum Gasteiger partial charge on any atom is 0.446 e. The number of carbonyl (C=O) groups excluding carboxylic acids is 1. The van der Waals surface area contributed by atoms with Crippen molar-refractivity contribution in [1.29, 1.82) is 0 Å². The molecule has 0 bridgehead atoms. The van der Waals surface area contributed by atoms with Gasteiger partial charge in [-0.3, -0.25) is 4.79 Å². The average Bonchev–Trinajstić information content (AvgIpc) is 2.59. The van der Waals surface area contributed by atoms with Crippen LogP contribution in [0, 0.1) is 0 Å². The summed E-state index contributed by atoms with van der Waals surface area (Å²) in [6, 6.07) is 5.52. The van der Waals surface area contributed by atoms with E-state index in [0.717, 1.165) is 0 Å². The van der Waals surface area contributed by atoms with E-state index in [4.69, 9.17) is 0 Å². The van der Waals surface area contributed by atoms with Crippen molar-refractivity contribution < 1.29 is 23.1 Å². The number of rotatable bonds is 2. The van der Waals surface area contributed by atoms with E-state index in [-0.39, 0.29) is 16.7 Å². The molecule has 1 aliphatic heterocycles. The largest absolute Gasteiger partial charge is 0.446 e. The summed E-state index contributed by atoms with van der Waals surface area (Å²) in [5.74, 6) is -0.411. The summed E-state index contributed by atoms with van der Waals surface area (Å²) in [5.41, 5.74) is -3.82. The van der Waals surface area contributed by atoms with Crippen molar-refractivity contribution in [3.05, 3.63) is 24.3 Å². The van der Waals surface area contributed by atoms with Crippen LogP contribution in [0.3, 0.4) is 0 Å². The summed E-state index contributed by atoms with van der Waals surface area (Å²) in [5, 5.41) is 9.29. The maximum absolute atomic E-state index is 12.1. The summed E-state index contributed by atoms with van der Waals surface area (Å²) >= 11 is -0.200. The molecule has 0 spiro atoms. The summed E-state index contributed by atoms with van der Waals surface area (Å²) < 4.78 is 36.4. The highest BCUT2D eigenvalue weighted by Crippen LogP contribution is 2.37. The summed E-state index contributed by atoms with van der Waals surface area (Å²) in [6.45, 7) is 0.381. The van der Waals surface area contributed by atoms with Crippen molar-refractivity contribution in [2.75, 3.05) is 11.4 Å². The number of hydrogen-bond donors (Lipinski definition) is 1. The van der Waals surface area contributed by atoms with Gasteiger partial charge in [-0.05, 0) is 36.0 Å². The molecule has 1 saturated heterocycles. The average molecular weight is 277 g/mol. The van der Waals surface area contributed by atoms with Gasteiger partial charge in [0.25, 0.3) is 5.91 Å². The molecule has 7 heteroatoms. The molecule has 1 unspecified atom stereocenters. The van der Waals surface area contributed by atoms with Gasteiger partial charge in [0.1, 0.15) is 6.10 Å². The first-order valence-corrected chi connectivity index (χ1v) is 6.04. The fraction of sp³-hybridized carbons (Fsp3) is 0.364. The lowest BCUT2D eigenvalue weighted by Gasteiger charge is -2.16. The Bertz CT molecular complexity index is 447. The van der Waals surface area contributed by atoms with Crippen molar-refractivity contribution >= 4 is 23.4 Å². The third-order valence-electron chi connectivity index (χ3n) is 2.56. The molecule has 0 aliphatic carbocycles. The molecular weight excluding hydrogens is 267 g/mol. The van der Waals surface area contributed by atoms with E-state index in [1.54, 1.807) is 0 Å². The van der Waals surface area contributed by atoms with Crippen LogP contribution < -0.4 is 4.90 Å². The molecule has 1 atom stereocenters. The predicted octanol–water partition coefficient (Wildman–Crippen LogP) is 2.40. The predicted molar refractivity (Wildman–Crippen MR) is 61.3 cm³/mol. The molecule has 0 radical (unpaired) electrons. The van der Waals surface area contributed by atoms with Gasteiger partial charge in [0.2, 0.25) is 0 Å². The number of amides is 1. The van der Waals surface area contributed by atoms with Gasteiger partial charge < -0.3 is 10.0 Å². The minimum atomic E-state index is -4.32. The number of anilines is 1. The second-order valence-electron chi connectivity index (χ2n) is 3.84. The van der Waals surface area contributed by atoms with E-state index < -0.39 is 17.5 Å². The van der Waals surface area contributed by atoms with E-state index in [1.165, 1.54) is 29.2 Å². The third-order valence-corrected chi connectivity index (χ3v) is 3.30. The zero-order valence-electron chi connectivity index (χ0n) is 9.15. The van der Waals surface area contributed by atoms with Crippen LogP contribution in [0.2, 0.25) is 0 Å². The van der Waals surface area contributed by atoms with E-state index in [9.17, 15) is 23.1 Å². The molecule has 18 heavy (non-hydrogen) atoms. The van der Waals surface area contributed by atoms with Gasteiger partial charge in [0.05, 0.1) is 0 Å². The van der Waals surface area contributed by atoms with Gasteiger partial charge in [0.15, 0.2) is 0 Å². The Kier molecular flexibility index (Phi) is 3.54. The van der Waals surface area contributed by atoms with Gasteiger partial charge >= 0.3 is 5.51 Å². The molecule has 1 heterocycles. The Hall–Kier alpha value is -1.21. The fourth-order valence-corrected chi connectivity index (χ4v) is 2.29. The van der Waals surface area contributed by atoms with Crippen LogP contribution in [0.5, 0.6) is 0 Å². The van der Waals surface area contributed by atoms with Crippen molar-refractivity contribution in [2.45, 2.75) is 22.9 Å². The van der Waals surface area contributed by atoms with Gasteiger partial charge in [0, 0.05) is 23.5 Å². The Labute approximate surface area is 106 Å². The fourth-order valence-electron chi connectivity index (χ4n) is 1.75. The Morgan fingerprint density at radius 3 is 2.33 bits per heavy atom.